The predicted molar refractivity (Wildman–Crippen MR) is 60.4 cm³/mol. The number of rotatable bonds is 2. The number of nitrogen functional groups attached to an aromatic ring is 2. The Morgan fingerprint density at radius 1 is 0.895 bits per heavy atom. The molecule has 1 heterocycles. The molecule has 0 spiro atoms. The van der Waals surface area contributed by atoms with Crippen LogP contribution in [0.25, 0.3) is 0 Å². The summed E-state index contributed by atoms with van der Waals surface area (Å²) in [4.78, 5) is 7.09. The molecule has 0 saturated heterocycles. The summed E-state index contributed by atoms with van der Waals surface area (Å²) >= 11 is 0. The molecule has 5 nitrogen and oxygen atoms in total. The van der Waals surface area contributed by atoms with E-state index < -0.39 is 29.0 Å². The van der Waals surface area contributed by atoms with E-state index in [-0.39, 0.29) is 23.7 Å². The van der Waals surface area contributed by atoms with E-state index in [0.29, 0.717) is 0 Å². The molecule has 0 fully saturated rings. The lowest BCUT2D eigenvalue weighted by molar-refractivity contribution is 0.459. The molecule has 0 aliphatic rings. The molecule has 2 rings (SSSR count). The van der Waals surface area contributed by atoms with Crippen LogP contribution in [0.15, 0.2) is 12.1 Å². The van der Waals surface area contributed by atoms with E-state index in [2.05, 4.69) is 15.3 Å². The van der Waals surface area contributed by atoms with Crippen molar-refractivity contribution in [3.8, 4) is 0 Å². The molecule has 2 aromatic rings. The van der Waals surface area contributed by atoms with Crippen molar-refractivity contribution < 1.29 is 17.6 Å². The average molecular weight is 273 g/mol. The van der Waals surface area contributed by atoms with Gasteiger partial charge in [-0.3, -0.25) is 0 Å². The van der Waals surface area contributed by atoms with Crippen LogP contribution in [0, 0.1) is 23.3 Å². The van der Waals surface area contributed by atoms with Crippen molar-refractivity contribution in [2.45, 2.75) is 0 Å². The van der Waals surface area contributed by atoms with E-state index in [1.807, 2.05) is 0 Å². The molecule has 0 aliphatic heterocycles. The van der Waals surface area contributed by atoms with Gasteiger partial charge in [0, 0.05) is 12.1 Å². The molecule has 1 aromatic carbocycles. The molecule has 5 N–H and O–H groups in total. The van der Waals surface area contributed by atoms with Gasteiger partial charge < -0.3 is 16.8 Å². The Labute approximate surface area is 104 Å². The van der Waals surface area contributed by atoms with Crippen LogP contribution in [0.2, 0.25) is 0 Å². The third-order valence-corrected chi connectivity index (χ3v) is 2.13. The highest BCUT2D eigenvalue weighted by Gasteiger charge is 2.19. The molecule has 0 bridgehead atoms. The summed E-state index contributed by atoms with van der Waals surface area (Å²) in [5, 5.41) is 2.06. The van der Waals surface area contributed by atoms with Crippen LogP contribution < -0.4 is 16.8 Å². The normalized spacial score (nSPS) is 10.5. The topological polar surface area (TPSA) is 89.8 Å². The Hall–Kier alpha value is -2.58. The second-order valence-electron chi connectivity index (χ2n) is 3.50. The number of nitrogens with one attached hydrogen (secondary N) is 1. The van der Waals surface area contributed by atoms with Gasteiger partial charge in [-0.05, 0) is 0 Å². The van der Waals surface area contributed by atoms with Crippen LogP contribution in [0.3, 0.4) is 0 Å². The zero-order valence-electron chi connectivity index (χ0n) is 9.22. The van der Waals surface area contributed by atoms with Crippen molar-refractivity contribution in [3.05, 3.63) is 35.4 Å². The molecule has 0 aliphatic carbocycles. The fourth-order valence-corrected chi connectivity index (χ4v) is 1.36. The average Bonchev–Trinajstić information content (AvgIpc) is 2.31. The van der Waals surface area contributed by atoms with Crippen LogP contribution in [0.1, 0.15) is 0 Å². The molecule has 0 unspecified atom stereocenters. The molecular formula is C10H7F4N5. The van der Waals surface area contributed by atoms with Gasteiger partial charge in [-0.1, -0.05) is 0 Å². The van der Waals surface area contributed by atoms with Crippen LogP contribution in [-0.2, 0) is 0 Å². The first kappa shape index (κ1) is 12.9. The van der Waals surface area contributed by atoms with Crippen molar-refractivity contribution >= 4 is 23.3 Å². The fraction of sp³-hybridized carbons (Fsp3) is 0. The molecule has 19 heavy (non-hydrogen) atoms. The highest BCUT2D eigenvalue weighted by molar-refractivity contribution is 5.61. The molecule has 0 amide bonds. The van der Waals surface area contributed by atoms with E-state index in [1.54, 1.807) is 0 Å². The maximum absolute atomic E-state index is 13.4. The smallest absolute Gasteiger partial charge is 0.223 e. The second-order valence-corrected chi connectivity index (χ2v) is 3.50. The van der Waals surface area contributed by atoms with Gasteiger partial charge in [-0.25, -0.2) is 17.6 Å². The summed E-state index contributed by atoms with van der Waals surface area (Å²) in [6.07, 6.45) is 0. The number of hydrogen-bond donors (Lipinski definition) is 3. The third kappa shape index (κ3) is 2.49. The number of hydrogen-bond acceptors (Lipinski definition) is 5. The maximum atomic E-state index is 13.4. The quantitative estimate of drug-likeness (QED) is 0.574. The standard InChI is InChI=1S/C10H7F4N5/c11-3-1-4(12)8(14)9(7(3)13)18-6-2-5(15)17-10(16)19-6/h1-2H,(H5,15,16,17,18,19). The minimum absolute atomic E-state index is 0.0762. The summed E-state index contributed by atoms with van der Waals surface area (Å²) in [5.74, 6) is -6.81. The first-order chi connectivity index (χ1) is 8.88. The van der Waals surface area contributed by atoms with E-state index in [0.717, 1.165) is 6.07 Å². The van der Waals surface area contributed by atoms with E-state index in [4.69, 9.17) is 11.5 Å². The van der Waals surface area contributed by atoms with Gasteiger partial charge in [0.2, 0.25) is 5.95 Å². The SMILES string of the molecule is Nc1cc(Nc2c(F)c(F)cc(F)c2F)nc(N)n1. The van der Waals surface area contributed by atoms with Gasteiger partial charge >= 0.3 is 0 Å². The zero-order chi connectivity index (χ0) is 14.2. The Kier molecular flexibility index (Phi) is 3.11. The van der Waals surface area contributed by atoms with Gasteiger partial charge in [-0.15, -0.1) is 0 Å². The molecule has 9 heteroatoms. The summed E-state index contributed by atoms with van der Waals surface area (Å²) in [6.45, 7) is 0. The van der Waals surface area contributed by atoms with Gasteiger partial charge in [0.15, 0.2) is 23.3 Å². The number of aromatic nitrogens is 2. The number of anilines is 4. The Morgan fingerprint density at radius 3 is 2.00 bits per heavy atom. The number of benzene rings is 1. The minimum atomic E-state index is -1.59. The van der Waals surface area contributed by atoms with Crippen LogP contribution in [0.4, 0.5) is 40.8 Å². The summed E-state index contributed by atoms with van der Waals surface area (Å²) < 4.78 is 52.7. The highest BCUT2D eigenvalue weighted by atomic mass is 19.2. The number of nitrogens with two attached hydrogens (primary N) is 2. The van der Waals surface area contributed by atoms with Gasteiger partial charge in [0.25, 0.3) is 0 Å². The summed E-state index contributed by atoms with van der Waals surface area (Å²) in [7, 11) is 0. The third-order valence-electron chi connectivity index (χ3n) is 2.13. The molecular weight excluding hydrogens is 266 g/mol. The minimum Gasteiger partial charge on any atom is -0.383 e. The zero-order valence-corrected chi connectivity index (χ0v) is 9.22. The highest BCUT2D eigenvalue weighted by Crippen LogP contribution is 2.27. The summed E-state index contributed by atoms with van der Waals surface area (Å²) in [5.41, 5.74) is 9.58. The van der Waals surface area contributed by atoms with Crippen molar-refractivity contribution in [2.24, 2.45) is 0 Å². The summed E-state index contributed by atoms with van der Waals surface area (Å²) in [6, 6.07) is 1.19. The lowest BCUT2D eigenvalue weighted by Gasteiger charge is -2.09. The second kappa shape index (κ2) is 4.59. The Bertz CT molecular complexity index is 600. The van der Waals surface area contributed by atoms with Crippen molar-refractivity contribution in [2.75, 3.05) is 16.8 Å². The Balaban J connectivity index is 2.49. The molecule has 100 valence electrons. The van der Waals surface area contributed by atoms with Crippen molar-refractivity contribution in [1.82, 2.24) is 9.97 Å². The Morgan fingerprint density at radius 2 is 1.47 bits per heavy atom. The van der Waals surface area contributed by atoms with E-state index in [9.17, 15) is 17.6 Å². The molecule has 1 aromatic heterocycles. The van der Waals surface area contributed by atoms with Crippen LogP contribution in [-0.4, -0.2) is 9.97 Å². The van der Waals surface area contributed by atoms with E-state index >= 15 is 0 Å². The molecule has 0 radical (unpaired) electrons. The van der Waals surface area contributed by atoms with Crippen LogP contribution in [0.5, 0.6) is 0 Å². The van der Waals surface area contributed by atoms with Crippen LogP contribution >= 0.6 is 0 Å². The first-order valence-corrected chi connectivity index (χ1v) is 4.88. The van der Waals surface area contributed by atoms with Gasteiger partial charge in [0.1, 0.15) is 17.3 Å². The monoisotopic (exact) mass is 273 g/mol. The van der Waals surface area contributed by atoms with Crippen molar-refractivity contribution in [1.29, 1.82) is 0 Å². The number of nitrogens with zero attached hydrogens (tertiary/aromatic N) is 2. The predicted octanol–water partition coefficient (Wildman–Crippen LogP) is 1.94. The molecule has 0 saturated carbocycles. The number of halogens is 4. The lowest BCUT2D eigenvalue weighted by atomic mass is 10.2. The van der Waals surface area contributed by atoms with Gasteiger partial charge in [-0.2, -0.15) is 9.97 Å². The van der Waals surface area contributed by atoms with Gasteiger partial charge in [0.05, 0.1) is 0 Å². The largest absolute Gasteiger partial charge is 0.383 e. The maximum Gasteiger partial charge on any atom is 0.223 e. The lowest BCUT2D eigenvalue weighted by Crippen LogP contribution is -2.07. The van der Waals surface area contributed by atoms with Crippen molar-refractivity contribution in [3.63, 3.8) is 0 Å². The first-order valence-electron chi connectivity index (χ1n) is 4.88. The van der Waals surface area contributed by atoms with E-state index in [1.165, 1.54) is 0 Å². The fourth-order valence-electron chi connectivity index (χ4n) is 1.36. The molecule has 0 atom stereocenters.